The predicted molar refractivity (Wildman–Crippen MR) is 58.4 cm³/mol. The Kier molecular flexibility index (Phi) is 2.09. The van der Waals surface area contributed by atoms with Crippen molar-refractivity contribution in [2.45, 2.75) is 37.6 Å². The highest BCUT2D eigenvalue weighted by Gasteiger charge is 2.54. The molecule has 2 N–H and O–H groups in total. The number of hydrogen-bond donors (Lipinski definition) is 1. The summed E-state index contributed by atoms with van der Waals surface area (Å²) in [5, 5.41) is 0.554. The second-order valence-corrected chi connectivity index (χ2v) is 5.04. The summed E-state index contributed by atoms with van der Waals surface area (Å²) in [5.74, 6) is 0. The summed E-state index contributed by atoms with van der Waals surface area (Å²) < 4.78 is 0. The number of nitrogens with zero attached hydrogens (tertiary/aromatic N) is 1. The largest absolute Gasteiger partial charge is 0.325 e. The molecule has 1 aliphatic carbocycles. The maximum atomic E-state index is 6.17. The molecule has 1 fully saturated rings. The molecule has 1 aromatic rings. The standard InChI is InChI=1S/C11H15ClN2/c1-10(2,13)11(6-7-11)8-4-3-5-9(12)14-8/h3-5H,6-7,13H2,1-2H3. The van der Waals surface area contributed by atoms with Crippen LogP contribution in [0.1, 0.15) is 32.4 Å². The Labute approximate surface area is 89.5 Å². The Morgan fingerprint density at radius 2 is 2.07 bits per heavy atom. The Balaban J connectivity index is 2.41. The van der Waals surface area contributed by atoms with Crippen molar-refractivity contribution in [2.75, 3.05) is 0 Å². The number of rotatable bonds is 2. The summed E-state index contributed by atoms with van der Waals surface area (Å²) in [7, 11) is 0. The molecule has 3 heteroatoms. The van der Waals surface area contributed by atoms with E-state index in [0.29, 0.717) is 5.15 Å². The van der Waals surface area contributed by atoms with Crippen molar-refractivity contribution in [3.05, 3.63) is 29.0 Å². The first-order valence-corrected chi connectivity index (χ1v) is 5.25. The lowest BCUT2D eigenvalue weighted by molar-refractivity contribution is 0.384. The average molecular weight is 211 g/mol. The second-order valence-electron chi connectivity index (χ2n) is 4.65. The molecule has 0 bridgehead atoms. The van der Waals surface area contributed by atoms with Gasteiger partial charge in [0.05, 0.1) is 5.69 Å². The highest BCUT2D eigenvalue weighted by atomic mass is 35.5. The van der Waals surface area contributed by atoms with Gasteiger partial charge in [0, 0.05) is 11.0 Å². The number of halogens is 1. The molecule has 1 aliphatic rings. The van der Waals surface area contributed by atoms with E-state index in [-0.39, 0.29) is 11.0 Å². The average Bonchev–Trinajstić information content (AvgIpc) is 2.82. The molecule has 0 aliphatic heterocycles. The maximum Gasteiger partial charge on any atom is 0.129 e. The highest BCUT2D eigenvalue weighted by molar-refractivity contribution is 6.29. The highest BCUT2D eigenvalue weighted by Crippen LogP contribution is 2.54. The molecule has 2 rings (SSSR count). The Bertz CT molecular complexity index is 351. The van der Waals surface area contributed by atoms with E-state index >= 15 is 0 Å². The fraction of sp³-hybridized carbons (Fsp3) is 0.545. The molecule has 0 saturated heterocycles. The summed E-state index contributed by atoms with van der Waals surface area (Å²) in [6.07, 6.45) is 2.23. The third-order valence-corrected chi connectivity index (χ3v) is 3.40. The van der Waals surface area contributed by atoms with Crippen LogP contribution in [0.4, 0.5) is 0 Å². The molecule has 14 heavy (non-hydrogen) atoms. The molecule has 1 saturated carbocycles. The minimum absolute atomic E-state index is 0.0535. The van der Waals surface area contributed by atoms with Gasteiger partial charge in [-0.25, -0.2) is 4.98 Å². The molecule has 0 atom stereocenters. The van der Waals surface area contributed by atoms with Crippen molar-refractivity contribution in [2.24, 2.45) is 5.73 Å². The van der Waals surface area contributed by atoms with E-state index < -0.39 is 0 Å². The summed E-state index contributed by atoms with van der Waals surface area (Å²) in [4.78, 5) is 4.36. The molecule has 2 nitrogen and oxygen atoms in total. The van der Waals surface area contributed by atoms with Crippen molar-refractivity contribution < 1.29 is 0 Å². The molecule has 0 aromatic carbocycles. The van der Waals surface area contributed by atoms with Crippen LogP contribution >= 0.6 is 11.6 Å². The lowest BCUT2D eigenvalue weighted by atomic mass is 9.82. The van der Waals surface area contributed by atoms with Gasteiger partial charge in [-0.3, -0.25) is 0 Å². The van der Waals surface area contributed by atoms with Crippen LogP contribution in [0.2, 0.25) is 5.15 Å². The number of hydrogen-bond acceptors (Lipinski definition) is 2. The van der Waals surface area contributed by atoms with E-state index in [1.807, 2.05) is 12.1 Å². The van der Waals surface area contributed by atoms with E-state index in [4.69, 9.17) is 17.3 Å². The van der Waals surface area contributed by atoms with Gasteiger partial charge in [0.15, 0.2) is 0 Å². The van der Waals surface area contributed by atoms with E-state index in [1.165, 1.54) is 0 Å². The molecule has 0 radical (unpaired) electrons. The van der Waals surface area contributed by atoms with Gasteiger partial charge in [0.1, 0.15) is 5.15 Å². The number of aromatic nitrogens is 1. The van der Waals surface area contributed by atoms with Crippen molar-refractivity contribution in [1.82, 2.24) is 4.98 Å². The molecule has 1 heterocycles. The van der Waals surface area contributed by atoms with Crippen LogP contribution in [0.25, 0.3) is 0 Å². The van der Waals surface area contributed by atoms with Crippen molar-refractivity contribution >= 4 is 11.6 Å². The van der Waals surface area contributed by atoms with Crippen LogP contribution in [-0.4, -0.2) is 10.5 Å². The maximum absolute atomic E-state index is 6.17. The summed E-state index contributed by atoms with van der Waals surface area (Å²) in [6, 6.07) is 5.76. The Hall–Kier alpha value is -0.600. The lowest BCUT2D eigenvalue weighted by Gasteiger charge is -2.30. The van der Waals surface area contributed by atoms with Gasteiger partial charge in [-0.1, -0.05) is 17.7 Å². The molecule has 0 spiro atoms. The van der Waals surface area contributed by atoms with Gasteiger partial charge >= 0.3 is 0 Å². The first-order valence-electron chi connectivity index (χ1n) is 4.88. The zero-order valence-corrected chi connectivity index (χ0v) is 9.30. The van der Waals surface area contributed by atoms with Crippen molar-refractivity contribution in [3.63, 3.8) is 0 Å². The predicted octanol–water partition coefficient (Wildman–Crippen LogP) is 2.50. The fourth-order valence-corrected chi connectivity index (χ4v) is 2.19. The van der Waals surface area contributed by atoms with Gasteiger partial charge in [-0.05, 0) is 38.8 Å². The third-order valence-electron chi connectivity index (χ3n) is 3.19. The first-order chi connectivity index (χ1) is 6.46. The van der Waals surface area contributed by atoms with Crippen LogP contribution in [-0.2, 0) is 5.41 Å². The third kappa shape index (κ3) is 1.43. The molecule has 0 unspecified atom stereocenters. The fourth-order valence-electron chi connectivity index (χ4n) is 2.03. The smallest absolute Gasteiger partial charge is 0.129 e. The minimum atomic E-state index is -0.218. The lowest BCUT2D eigenvalue weighted by Crippen LogP contribution is -2.45. The number of nitrogens with two attached hydrogens (primary N) is 1. The van der Waals surface area contributed by atoms with Crippen molar-refractivity contribution in [3.8, 4) is 0 Å². The molecular formula is C11H15ClN2. The normalized spacial score (nSPS) is 19.4. The SMILES string of the molecule is CC(C)(N)C1(c2cccc(Cl)n2)CC1. The second kappa shape index (κ2) is 2.94. The van der Waals surface area contributed by atoms with Crippen molar-refractivity contribution in [1.29, 1.82) is 0 Å². The van der Waals surface area contributed by atoms with Gasteiger partial charge in [0.25, 0.3) is 0 Å². The summed E-state index contributed by atoms with van der Waals surface area (Å²) in [5.41, 5.74) is 7.05. The van der Waals surface area contributed by atoms with E-state index in [9.17, 15) is 0 Å². The Morgan fingerprint density at radius 1 is 1.43 bits per heavy atom. The monoisotopic (exact) mass is 210 g/mol. The topological polar surface area (TPSA) is 38.9 Å². The summed E-state index contributed by atoms with van der Waals surface area (Å²) in [6.45, 7) is 4.12. The van der Waals surface area contributed by atoms with Gasteiger partial charge in [0.2, 0.25) is 0 Å². The van der Waals surface area contributed by atoms with Crippen LogP contribution < -0.4 is 5.73 Å². The van der Waals surface area contributed by atoms with Gasteiger partial charge < -0.3 is 5.73 Å². The zero-order chi connectivity index (χ0) is 10.4. The molecular weight excluding hydrogens is 196 g/mol. The quantitative estimate of drug-likeness (QED) is 0.762. The number of pyridine rings is 1. The van der Waals surface area contributed by atoms with E-state index in [0.717, 1.165) is 18.5 Å². The minimum Gasteiger partial charge on any atom is -0.325 e. The summed E-state index contributed by atoms with van der Waals surface area (Å²) >= 11 is 5.88. The zero-order valence-electron chi connectivity index (χ0n) is 8.55. The van der Waals surface area contributed by atoms with Gasteiger partial charge in [-0.15, -0.1) is 0 Å². The first kappa shape index (κ1) is 9.94. The van der Waals surface area contributed by atoms with Crippen LogP contribution in [0.3, 0.4) is 0 Å². The molecule has 76 valence electrons. The molecule has 1 aromatic heterocycles. The Morgan fingerprint density at radius 3 is 2.50 bits per heavy atom. The van der Waals surface area contributed by atoms with E-state index in [2.05, 4.69) is 18.8 Å². The van der Waals surface area contributed by atoms with Crippen LogP contribution in [0, 0.1) is 0 Å². The molecule has 0 amide bonds. The van der Waals surface area contributed by atoms with Crippen LogP contribution in [0.5, 0.6) is 0 Å². The van der Waals surface area contributed by atoms with Crippen LogP contribution in [0.15, 0.2) is 18.2 Å². The van der Waals surface area contributed by atoms with Gasteiger partial charge in [-0.2, -0.15) is 0 Å². The van der Waals surface area contributed by atoms with E-state index in [1.54, 1.807) is 6.07 Å².